The summed E-state index contributed by atoms with van der Waals surface area (Å²) in [6, 6.07) is 18.5. The van der Waals surface area contributed by atoms with Crippen molar-refractivity contribution in [2.24, 2.45) is 0 Å². The molecule has 2 aromatic rings. The van der Waals surface area contributed by atoms with Crippen molar-refractivity contribution in [1.29, 1.82) is 0 Å². The molecule has 2 amide bonds. The highest BCUT2D eigenvalue weighted by molar-refractivity contribution is 5.88. The molecule has 28 heavy (non-hydrogen) atoms. The zero-order valence-electron chi connectivity index (χ0n) is 16.4. The van der Waals surface area contributed by atoms with Crippen LogP contribution in [0, 0.1) is 0 Å². The predicted molar refractivity (Wildman–Crippen MR) is 108 cm³/mol. The first-order chi connectivity index (χ1) is 13.5. The lowest BCUT2D eigenvalue weighted by molar-refractivity contribution is -0.140. The number of para-hydroxylation sites is 1. The Morgan fingerprint density at radius 1 is 1.07 bits per heavy atom. The molecule has 1 fully saturated rings. The molecule has 2 atom stereocenters. The smallest absolute Gasteiger partial charge is 0.258 e. The zero-order valence-corrected chi connectivity index (χ0v) is 16.4. The van der Waals surface area contributed by atoms with Gasteiger partial charge in [0.25, 0.3) is 5.91 Å². The largest absolute Gasteiger partial charge is 0.484 e. The third-order valence-corrected chi connectivity index (χ3v) is 4.91. The van der Waals surface area contributed by atoms with Gasteiger partial charge in [-0.05, 0) is 31.7 Å². The van der Waals surface area contributed by atoms with E-state index >= 15 is 0 Å². The maximum Gasteiger partial charge on any atom is 0.258 e. The van der Waals surface area contributed by atoms with Crippen LogP contribution < -0.4 is 10.1 Å². The van der Waals surface area contributed by atoms with Gasteiger partial charge in [0, 0.05) is 19.6 Å². The van der Waals surface area contributed by atoms with Gasteiger partial charge in [0.05, 0.1) is 6.04 Å². The molecule has 0 bridgehead atoms. The first kappa shape index (κ1) is 19.9. The van der Waals surface area contributed by atoms with Crippen molar-refractivity contribution in [1.82, 2.24) is 15.1 Å². The van der Waals surface area contributed by atoms with Crippen molar-refractivity contribution in [2.45, 2.75) is 19.0 Å². The van der Waals surface area contributed by atoms with Gasteiger partial charge in [0.15, 0.2) is 6.61 Å². The number of carbonyl (C=O) groups is 2. The van der Waals surface area contributed by atoms with Crippen LogP contribution in [-0.2, 0) is 9.59 Å². The molecule has 0 aliphatic carbocycles. The number of ether oxygens (including phenoxy) is 1. The Morgan fingerprint density at radius 3 is 2.39 bits per heavy atom. The first-order valence-electron chi connectivity index (χ1n) is 9.56. The summed E-state index contributed by atoms with van der Waals surface area (Å²) in [4.78, 5) is 29.3. The van der Waals surface area contributed by atoms with Crippen LogP contribution in [-0.4, -0.2) is 60.9 Å². The average molecular weight is 381 g/mol. The van der Waals surface area contributed by atoms with E-state index in [9.17, 15) is 9.59 Å². The number of hydrogen-bond donors (Lipinski definition) is 1. The number of piperazine rings is 1. The lowest BCUT2D eigenvalue weighted by atomic mass is 10.0. The molecule has 1 aliphatic heterocycles. The van der Waals surface area contributed by atoms with Gasteiger partial charge in [0.1, 0.15) is 11.8 Å². The van der Waals surface area contributed by atoms with Gasteiger partial charge in [-0.1, -0.05) is 48.5 Å². The van der Waals surface area contributed by atoms with E-state index < -0.39 is 6.04 Å². The van der Waals surface area contributed by atoms with Crippen LogP contribution >= 0.6 is 0 Å². The Morgan fingerprint density at radius 2 is 1.71 bits per heavy atom. The Kier molecular flexibility index (Phi) is 6.66. The summed E-state index contributed by atoms with van der Waals surface area (Å²) >= 11 is 0. The van der Waals surface area contributed by atoms with E-state index in [1.54, 1.807) is 19.1 Å². The highest BCUT2D eigenvalue weighted by Crippen LogP contribution is 2.25. The number of rotatable bonds is 6. The van der Waals surface area contributed by atoms with E-state index in [2.05, 4.69) is 17.3 Å². The number of likely N-dealkylation sites (N-methyl/N-ethyl adjacent to an activating group) is 1. The van der Waals surface area contributed by atoms with Gasteiger partial charge >= 0.3 is 0 Å². The molecule has 1 heterocycles. The summed E-state index contributed by atoms with van der Waals surface area (Å²) in [5.41, 5.74) is 1.10. The van der Waals surface area contributed by atoms with Crippen molar-refractivity contribution in [3.63, 3.8) is 0 Å². The molecule has 0 unspecified atom stereocenters. The van der Waals surface area contributed by atoms with Crippen molar-refractivity contribution < 1.29 is 14.3 Å². The van der Waals surface area contributed by atoms with Crippen molar-refractivity contribution in [3.8, 4) is 5.75 Å². The SMILES string of the molecule is C[C@@H](NC(=O)COc1ccccc1)C(=O)N1CCN(C)C[C@H]1c1ccccc1. The van der Waals surface area contributed by atoms with E-state index in [1.165, 1.54) is 0 Å². The monoisotopic (exact) mass is 381 g/mol. The number of amides is 2. The minimum absolute atomic E-state index is 0.0210. The second kappa shape index (κ2) is 9.37. The van der Waals surface area contributed by atoms with Crippen LogP contribution in [0.4, 0.5) is 0 Å². The van der Waals surface area contributed by atoms with E-state index in [4.69, 9.17) is 4.74 Å². The molecule has 0 aromatic heterocycles. The molecule has 0 radical (unpaired) electrons. The van der Waals surface area contributed by atoms with Gasteiger partial charge in [-0.3, -0.25) is 9.59 Å². The standard InChI is InChI=1S/C22H27N3O3/c1-17(23-21(26)16-28-19-11-7-4-8-12-19)22(27)25-14-13-24(2)15-20(25)18-9-5-3-6-10-18/h3-12,17,20H,13-16H2,1-2H3,(H,23,26)/t17-,20+/m1/s1. The molecule has 0 saturated carbocycles. The highest BCUT2D eigenvalue weighted by atomic mass is 16.5. The Hall–Kier alpha value is -2.86. The molecule has 148 valence electrons. The Labute approximate surface area is 166 Å². The summed E-state index contributed by atoms with van der Waals surface area (Å²) in [6.07, 6.45) is 0. The zero-order chi connectivity index (χ0) is 19.9. The lowest BCUT2D eigenvalue weighted by Crippen LogP contribution is -2.55. The van der Waals surface area contributed by atoms with Crippen LogP contribution in [0.2, 0.25) is 0 Å². The molecule has 3 rings (SSSR count). The van der Waals surface area contributed by atoms with Gasteiger partial charge in [0.2, 0.25) is 5.91 Å². The summed E-state index contributed by atoms with van der Waals surface area (Å²) in [6.45, 7) is 3.83. The normalized spacial score (nSPS) is 18.4. The summed E-state index contributed by atoms with van der Waals surface area (Å²) in [5, 5.41) is 2.76. The topological polar surface area (TPSA) is 61.9 Å². The number of hydrogen-bond acceptors (Lipinski definition) is 4. The molecule has 2 aromatic carbocycles. The molecule has 0 spiro atoms. The summed E-state index contributed by atoms with van der Waals surface area (Å²) < 4.78 is 5.45. The molecule has 1 N–H and O–H groups in total. The number of carbonyl (C=O) groups excluding carboxylic acids is 2. The van der Waals surface area contributed by atoms with Crippen LogP contribution in [0.25, 0.3) is 0 Å². The predicted octanol–water partition coefficient (Wildman–Crippen LogP) is 2.09. The van der Waals surface area contributed by atoms with Gasteiger partial charge in [-0.15, -0.1) is 0 Å². The third-order valence-electron chi connectivity index (χ3n) is 4.91. The lowest BCUT2D eigenvalue weighted by Gasteiger charge is -2.41. The second-order valence-corrected chi connectivity index (χ2v) is 7.11. The van der Waals surface area contributed by atoms with E-state index in [0.29, 0.717) is 12.3 Å². The fourth-order valence-corrected chi connectivity index (χ4v) is 3.40. The second-order valence-electron chi connectivity index (χ2n) is 7.11. The molecule has 6 nitrogen and oxygen atoms in total. The van der Waals surface area contributed by atoms with Crippen molar-refractivity contribution >= 4 is 11.8 Å². The van der Waals surface area contributed by atoms with Crippen LogP contribution in [0.3, 0.4) is 0 Å². The van der Waals surface area contributed by atoms with E-state index in [-0.39, 0.29) is 24.5 Å². The van der Waals surface area contributed by atoms with Gasteiger partial charge < -0.3 is 19.9 Å². The van der Waals surface area contributed by atoms with Gasteiger partial charge in [-0.25, -0.2) is 0 Å². The molecule has 1 aliphatic rings. The minimum Gasteiger partial charge on any atom is -0.484 e. The first-order valence-corrected chi connectivity index (χ1v) is 9.56. The molecule has 6 heteroatoms. The van der Waals surface area contributed by atoms with E-state index in [0.717, 1.165) is 18.7 Å². The minimum atomic E-state index is -0.610. The van der Waals surface area contributed by atoms with Gasteiger partial charge in [-0.2, -0.15) is 0 Å². The number of nitrogens with zero attached hydrogens (tertiary/aromatic N) is 2. The fourth-order valence-electron chi connectivity index (χ4n) is 3.40. The quantitative estimate of drug-likeness (QED) is 0.832. The maximum absolute atomic E-state index is 13.1. The highest BCUT2D eigenvalue weighted by Gasteiger charge is 2.32. The number of nitrogens with one attached hydrogen (secondary N) is 1. The molecular weight excluding hydrogens is 354 g/mol. The fraction of sp³-hybridized carbons (Fsp3) is 0.364. The van der Waals surface area contributed by atoms with Crippen LogP contribution in [0.1, 0.15) is 18.5 Å². The maximum atomic E-state index is 13.1. The van der Waals surface area contributed by atoms with Crippen LogP contribution in [0.15, 0.2) is 60.7 Å². The Balaban J connectivity index is 1.60. The molecular formula is C22H27N3O3. The van der Waals surface area contributed by atoms with Crippen molar-refractivity contribution in [3.05, 3.63) is 66.2 Å². The average Bonchev–Trinajstić information content (AvgIpc) is 2.73. The Bertz CT molecular complexity index is 782. The van der Waals surface area contributed by atoms with Crippen molar-refractivity contribution in [2.75, 3.05) is 33.3 Å². The van der Waals surface area contributed by atoms with Crippen LogP contribution in [0.5, 0.6) is 5.75 Å². The third kappa shape index (κ3) is 5.10. The summed E-state index contributed by atoms with van der Waals surface area (Å²) in [7, 11) is 2.06. The molecule has 1 saturated heterocycles. The van der Waals surface area contributed by atoms with E-state index in [1.807, 2.05) is 53.4 Å². The number of benzene rings is 2. The summed E-state index contributed by atoms with van der Waals surface area (Å²) in [5.74, 6) is 0.241.